The molecule has 1 atom stereocenters. The van der Waals surface area contributed by atoms with E-state index in [0.29, 0.717) is 47.1 Å². The molecule has 1 aliphatic rings. The Balaban J connectivity index is 1.69. The smallest absolute Gasteiger partial charge is 0.338 e. The third-order valence-electron chi connectivity index (χ3n) is 5.94. The minimum absolute atomic E-state index is 0.346. The van der Waals surface area contributed by atoms with Gasteiger partial charge in [-0.05, 0) is 49.9 Å². The molecule has 0 aliphatic carbocycles. The molecule has 0 saturated carbocycles. The van der Waals surface area contributed by atoms with Crippen molar-refractivity contribution < 1.29 is 19.0 Å². The fourth-order valence-electron chi connectivity index (χ4n) is 4.05. The molecule has 0 saturated heterocycles. The van der Waals surface area contributed by atoms with Crippen LogP contribution in [0.2, 0.25) is 0 Å². The number of hydrogen-bond donors (Lipinski definition) is 1. The van der Waals surface area contributed by atoms with E-state index in [1.807, 2.05) is 44.2 Å². The van der Waals surface area contributed by atoms with Crippen LogP contribution in [0.3, 0.4) is 0 Å². The van der Waals surface area contributed by atoms with E-state index < -0.39 is 6.04 Å². The maximum atomic E-state index is 13.2. The van der Waals surface area contributed by atoms with Crippen molar-refractivity contribution in [2.75, 3.05) is 24.8 Å². The standard InChI is InChI=1S/C28H34N4O4S/c1-6-14-35-26(33)24-19(4)29-27-30-28(37-15-7-2)31-32(27)25(24)21-12-13-22(23(16-21)34-5)36-17-20-10-8-18(3)9-11-20/h8-13,16,25H,6-7,14-15,17H2,1-5H3,(H,29,30,31). The zero-order chi connectivity index (χ0) is 26.4. The highest BCUT2D eigenvalue weighted by atomic mass is 32.2. The van der Waals surface area contributed by atoms with Gasteiger partial charge >= 0.3 is 5.97 Å². The van der Waals surface area contributed by atoms with Crippen LogP contribution in [-0.2, 0) is 16.1 Å². The van der Waals surface area contributed by atoms with Crippen molar-refractivity contribution >= 4 is 23.7 Å². The number of allylic oxidation sites excluding steroid dienone is 1. The lowest BCUT2D eigenvalue weighted by Gasteiger charge is -2.28. The fourth-order valence-corrected chi connectivity index (χ4v) is 4.73. The number of aryl methyl sites for hydroxylation is 1. The molecule has 4 rings (SSSR count). The molecule has 8 nitrogen and oxygen atoms in total. The predicted octanol–water partition coefficient (Wildman–Crippen LogP) is 5.92. The van der Waals surface area contributed by atoms with E-state index in [4.69, 9.17) is 19.3 Å². The Labute approximate surface area is 222 Å². The maximum Gasteiger partial charge on any atom is 0.338 e. The van der Waals surface area contributed by atoms with Crippen LogP contribution in [0.1, 0.15) is 56.3 Å². The molecule has 0 radical (unpaired) electrons. The van der Waals surface area contributed by atoms with Crippen LogP contribution >= 0.6 is 11.8 Å². The number of thioether (sulfide) groups is 1. The van der Waals surface area contributed by atoms with Crippen molar-refractivity contribution in [1.29, 1.82) is 0 Å². The van der Waals surface area contributed by atoms with Gasteiger partial charge in [0.15, 0.2) is 11.5 Å². The average molecular weight is 523 g/mol. The first-order valence-electron chi connectivity index (χ1n) is 12.6. The molecule has 1 aromatic heterocycles. The number of benzene rings is 2. The van der Waals surface area contributed by atoms with Crippen LogP contribution in [0.5, 0.6) is 11.5 Å². The lowest BCUT2D eigenvalue weighted by molar-refractivity contribution is -0.139. The SMILES string of the molecule is CCCOC(=O)C1=C(C)Nc2nc(SCCC)nn2C1c1ccc(OCc2ccc(C)cc2)c(OC)c1. The van der Waals surface area contributed by atoms with Crippen molar-refractivity contribution in [1.82, 2.24) is 14.8 Å². The number of esters is 1. The van der Waals surface area contributed by atoms with Crippen molar-refractivity contribution in [3.05, 3.63) is 70.4 Å². The lowest BCUT2D eigenvalue weighted by atomic mass is 9.95. The quantitative estimate of drug-likeness (QED) is 0.245. The minimum Gasteiger partial charge on any atom is -0.493 e. The predicted molar refractivity (Wildman–Crippen MR) is 145 cm³/mol. The molecule has 0 bridgehead atoms. The van der Waals surface area contributed by atoms with Crippen molar-refractivity contribution in [3.63, 3.8) is 0 Å². The second-order valence-electron chi connectivity index (χ2n) is 8.90. The minimum atomic E-state index is -0.524. The molecule has 0 amide bonds. The monoisotopic (exact) mass is 522 g/mol. The van der Waals surface area contributed by atoms with Gasteiger partial charge in [0.05, 0.1) is 19.3 Å². The molecule has 9 heteroatoms. The summed E-state index contributed by atoms with van der Waals surface area (Å²) >= 11 is 1.59. The van der Waals surface area contributed by atoms with Crippen LogP contribution < -0.4 is 14.8 Å². The molecule has 1 aliphatic heterocycles. The molecule has 1 N–H and O–H groups in total. The zero-order valence-corrected chi connectivity index (χ0v) is 22.9. The normalized spacial score (nSPS) is 14.7. The maximum absolute atomic E-state index is 13.2. The fraction of sp³-hybridized carbons (Fsp3) is 0.393. The number of ether oxygens (including phenoxy) is 3. The Hall–Kier alpha value is -3.46. The van der Waals surface area contributed by atoms with Gasteiger partial charge in [-0.3, -0.25) is 0 Å². The molecule has 2 aromatic carbocycles. The second-order valence-corrected chi connectivity index (χ2v) is 9.96. The van der Waals surface area contributed by atoms with E-state index in [2.05, 4.69) is 36.3 Å². The van der Waals surface area contributed by atoms with Gasteiger partial charge in [0.1, 0.15) is 12.6 Å². The van der Waals surface area contributed by atoms with E-state index in [1.165, 1.54) is 5.56 Å². The Morgan fingerprint density at radius 3 is 2.57 bits per heavy atom. The van der Waals surface area contributed by atoms with Crippen LogP contribution in [-0.4, -0.2) is 40.2 Å². The summed E-state index contributed by atoms with van der Waals surface area (Å²) in [5.74, 6) is 2.32. The van der Waals surface area contributed by atoms with Crippen LogP contribution in [0.15, 0.2) is 58.9 Å². The third kappa shape index (κ3) is 6.10. The van der Waals surface area contributed by atoms with Gasteiger partial charge < -0.3 is 19.5 Å². The molecule has 0 spiro atoms. The molecule has 196 valence electrons. The summed E-state index contributed by atoms with van der Waals surface area (Å²) in [5, 5.41) is 8.65. The van der Waals surface area contributed by atoms with Crippen molar-refractivity contribution in [3.8, 4) is 11.5 Å². The van der Waals surface area contributed by atoms with E-state index in [-0.39, 0.29) is 5.97 Å². The first-order chi connectivity index (χ1) is 17.9. The second kappa shape index (κ2) is 12.2. The number of hydrogen-bond acceptors (Lipinski definition) is 8. The van der Waals surface area contributed by atoms with Gasteiger partial charge in [0.2, 0.25) is 11.1 Å². The Morgan fingerprint density at radius 1 is 1.08 bits per heavy atom. The summed E-state index contributed by atoms with van der Waals surface area (Å²) in [5.41, 5.74) is 4.28. The van der Waals surface area contributed by atoms with Gasteiger partial charge in [-0.1, -0.05) is 61.5 Å². The number of methoxy groups -OCH3 is 1. The van der Waals surface area contributed by atoms with E-state index >= 15 is 0 Å². The Morgan fingerprint density at radius 2 is 1.86 bits per heavy atom. The molecule has 0 fully saturated rings. The average Bonchev–Trinajstić information content (AvgIpc) is 3.31. The summed E-state index contributed by atoms with van der Waals surface area (Å²) < 4.78 is 19.1. The van der Waals surface area contributed by atoms with E-state index in [0.717, 1.165) is 29.7 Å². The highest BCUT2D eigenvalue weighted by molar-refractivity contribution is 7.99. The van der Waals surface area contributed by atoms with Gasteiger partial charge in [-0.2, -0.15) is 4.98 Å². The van der Waals surface area contributed by atoms with Gasteiger partial charge in [0, 0.05) is 11.4 Å². The first-order valence-corrected chi connectivity index (χ1v) is 13.5. The molecule has 37 heavy (non-hydrogen) atoms. The van der Waals surface area contributed by atoms with Gasteiger partial charge in [-0.25, -0.2) is 9.48 Å². The molecule has 2 heterocycles. The number of carbonyl (C=O) groups is 1. The number of nitrogens with zero attached hydrogens (tertiary/aromatic N) is 3. The van der Waals surface area contributed by atoms with E-state index in [1.54, 1.807) is 23.6 Å². The van der Waals surface area contributed by atoms with Crippen molar-refractivity contribution in [2.24, 2.45) is 0 Å². The summed E-state index contributed by atoms with van der Waals surface area (Å²) in [6.45, 7) is 8.77. The third-order valence-corrected chi connectivity index (χ3v) is 6.99. The number of anilines is 1. The molecular formula is C28H34N4O4S. The van der Waals surface area contributed by atoms with Crippen LogP contribution in [0.4, 0.5) is 5.95 Å². The summed E-state index contributed by atoms with van der Waals surface area (Å²) in [6.07, 6.45) is 1.75. The lowest BCUT2D eigenvalue weighted by Crippen LogP contribution is -2.29. The topological polar surface area (TPSA) is 87.5 Å². The Kier molecular flexibility index (Phi) is 8.76. The molecule has 3 aromatic rings. The van der Waals surface area contributed by atoms with Gasteiger partial charge in [-0.15, -0.1) is 5.10 Å². The molecular weight excluding hydrogens is 488 g/mol. The molecule has 1 unspecified atom stereocenters. The van der Waals surface area contributed by atoms with Crippen molar-refractivity contribution in [2.45, 2.75) is 58.3 Å². The summed E-state index contributed by atoms with van der Waals surface area (Å²) in [7, 11) is 1.61. The summed E-state index contributed by atoms with van der Waals surface area (Å²) in [4.78, 5) is 17.9. The number of nitrogens with one attached hydrogen (secondary N) is 1. The summed E-state index contributed by atoms with van der Waals surface area (Å²) in [6, 6.07) is 13.4. The van der Waals surface area contributed by atoms with E-state index in [9.17, 15) is 4.79 Å². The number of fused-ring (bicyclic) bond motifs is 1. The largest absolute Gasteiger partial charge is 0.493 e. The number of aromatic nitrogens is 3. The zero-order valence-electron chi connectivity index (χ0n) is 22.0. The Bertz CT molecular complexity index is 1270. The highest BCUT2D eigenvalue weighted by Crippen LogP contribution is 2.40. The van der Waals surface area contributed by atoms with Crippen LogP contribution in [0.25, 0.3) is 0 Å². The number of rotatable bonds is 11. The number of carbonyl (C=O) groups excluding carboxylic acids is 1. The van der Waals surface area contributed by atoms with Gasteiger partial charge in [0.25, 0.3) is 0 Å². The van der Waals surface area contributed by atoms with Crippen LogP contribution in [0, 0.1) is 6.92 Å². The first kappa shape index (κ1) is 26.6. The highest BCUT2D eigenvalue weighted by Gasteiger charge is 2.35.